The van der Waals surface area contributed by atoms with Crippen LogP contribution in [0.5, 0.6) is 0 Å². The Balaban J connectivity index is 1.46. The van der Waals surface area contributed by atoms with Crippen LogP contribution in [0.2, 0.25) is 0 Å². The highest BCUT2D eigenvalue weighted by Gasteiger charge is 2.25. The number of nitro groups is 1. The van der Waals surface area contributed by atoms with Gasteiger partial charge in [-0.05, 0) is 35.4 Å². The van der Waals surface area contributed by atoms with E-state index in [-0.39, 0.29) is 22.8 Å². The zero-order valence-electron chi connectivity index (χ0n) is 18.8. The van der Waals surface area contributed by atoms with Crippen molar-refractivity contribution < 1.29 is 9.72 Å². The Hall–Kier alpha value is -3.40. The number of anilines is 1. The van der Waals surface area contributed by atoms with Gasteiger partial charge in [-0.15, -0.1) is 10.2 Å². The summed E-state index contributed by atoms with van der Waals surface area (Å²) in [6, 6.07) is 12.7. The lowest BCUT2D eigenvalue weighted by Crippen LogP contribution is -2.36. The molecule has 0 saturated heterocycles. The molecule has 10 heteroatoms. The molecule has 4 rings (SSSR count). The van der Waals surface area contributed by atoms with Gasteiger partial charge in [0.15, 0.2) is 5.82 Å². The molecular formula is C23H26N6O3S. The largest absolute Gasteiger partial charge is 0.335 e. The first kappa shape index (κ1) is 22.8. The van der Waals surface area contributed by atoms with Crippen molar-refractivity contribution in [3.8, 4) is 11.4 Å². The number of thioether (sulfide) groups is 1. The monoisotopic (exact) mass is 466 g/mol. The number of non-ortho nitro benzene ring substituents is 1. The maximum atomic E-state index is 12.9. The second-order valence-corrected chi connectivity index (χ2v) is 9.95. The Kier molecular flexibility index (Phi) is 6.11. The van der Waals surface area contributed by atoms with E-state index in [0.717, 1.165) is 23.2 Å². The standard InChI is InChI=1S/C23H26N6O3S/c1-23(2,3)17-8-6-15(7-9-17)21-25-26-22(28(21)24)33-14-20(30)27-12-4-5-16-13-18(29(31)32)10-11-19(16)27/h6-11,13H,4-5,12,14,24H2,1-3H3. The first-order valence-corrected chi connectivity index (χ1v) is 11.7. The minimum atomic E-state index is -0.417. The Labute approximate surface area is 196 Å². The summed E-state index contributed by atoms with van der Waals surface area (Å²) in [6.45, 7) is 7.04. The van der Waals surface area contributed by atoms with Crippen LogP contribution in [-0.2, 0) is 16.6 Å². The zero-order valence-corrected chi connectivity index (χ0v) is 19.6. The molecule has 0 atom stereocenters. The number of hydrogen-bond donors (Lipinski definition) is 1. The van der Waals surface area contributed by atoms with E-state index in [4.69, 9.17) is 5.84 Å². The molecule has 1 amide bonds. The van der Waals surface area contributed by atoms with Gasteiger partial charge in [0.05, 0.1) is 10.7 Å². The molecule has 0 aliphatic carbocycles. The topological polar surface area (TPSA) is 120 Å². The highest BCUT2D eigenvalue weighted by atomic mass is 32.2. The van der Waals surface area contributed by atoms with Gasteiger partial charge in [0, 0.05) is 29.9 Å². The summed E-state index contributed by atoms with van der Waals surface area (Å²) >= 11 is 1.22. The van der Waals surface area contributed by atoms with Crippen LogP contribution in [0.1, 0.15) is 38.3 Å². The molecule has 0 bridgehead atoms. The van der Waals surface area contributed by atoms with Gasteiger partial charge >= 0.3 is 0 Å². The normalized spacial score (nSPS) is 13.6. The number of amides is 1. The summed E-state index contributed by atoms with van der Waals surface area (Å²) in [4.78, 5) is 25.3. The van der Waals surface area contributed by atoms with E-state index >= 15 is 0 Å². The van der Waals surface area contributed by atoms with Crippen LogP contribution in [0.15, 0.2) is 47.6 Å². The predicted molar refractivity (Wildman–Crippen MR) is 129 cm³/mol. The predicted octanol–water partition coefficient (Wildman–Crippen LogP) is 3.94. The fraction of sp³-hybridized carbons (Fsp3) is 0.348. The Morgan fingerprint density at radius 1 is 1.18 bits per heavy atom. The summed E-state index contributed by atoms with van der Waals surface area (Å²) in [5, 5.41) is 19.9. The van der Waals surface area contributed by atoms with Crippen molar-refractivity contribution in [2.24, 2.45) is 0 Å². The molecule has 0 radical (unpaired) electrons. The molecule has 0 fully saturated rings. The van der Waals surface area contributed by atoms with E-state index < -0.39 is 4.92 Å². The summed E-state index contributed by atoms with van der Waals surface area (Å²) in [7, 11) is 0. The van der Waals surface area contributed by atoms with Gasteiger partial charge in [-0.2, -0.15) is 0 Å². The van der Waals surface area contributed by atoms with Crippen molar-refractivity contribution in [2.75, 3.05) is 23.0 Å². The molecule has 172 valence electrons. The second-order valence-electron chi connectivity index (χ2n) is 9.01. The van der Waals surface area contributed by atoms with Crippen LogP contribution >= 0.6 is 11.8 Å². The number of nitrogen functional groups attached to an aromatic ring is 1. The summed E-state index contributed by atoms with van der Waals surface area (Å²) in [5.74, 6) is 6.79. The highest BCUT2D eigenvalue weighted by Crippen LogP contribution is 2.32. The lowest BCUT2D eigenvalue weighted by Gasteiger charge is -2.29. The number of fused-ring (bicyclic) bond motifs is 1. The highest BCUT2D eigenvalue weighted by molar-refractivity contribution is 7.99. The van der Waals surface area contributed by atoms with Crippen molar-refractivity contribution in [3.05, 3.63) is 63.7 Å². The maximum absolute atomic E-state index is 12.9. The number of hydrogen-bond acceptors (Lipinski definition) is 7. The van der Waals surface area contributed by atoms with Gasteiger partial charge in [-0.25, -0.2) is 4.68 Å². The molecule has 0 spiro atoms. The molecule has 1 aliphatic heterocycles. The van der Waals surface area contributed by atoms with Gasteiger partial charge < -0.3 is 10.7 Å². The van der Waals surface area contributed by atoms with E-state index in [1.54, 1.807) is 17.0 Å². The lowest BCUT2D eigenvalue weighted by atomic mass is 9.87. The third-order valence-electron chi connectivity index (χ3n) is 5.69. The second kappa shape index (κ2) is 8.86. The number of benzene rings is 2. The Morgan fingerprint density at radius 3 is 2.58 bits per heavy atom. The average Bonchev–Trinajstić information content (AvgIpc) is 3.16. The smallest absolute Gasteiger partial charge is 0.269 e. The van der Waals surface area contributed by atoms with Crippen LogP contribution in [0.4, 0.5) is 11.4 Å². The number of nitro benzene ring substituents is 1. The summed E-state index contributed by atoms with van der Waals surface area (Å²) < 4.78 is 1.40. The van der Waals surface area contributed by atoms with E-state index in [1.165, 1.54) is 28.1 Å². The number of aromatic nitrogens is 3. The molecule has 2 N–H and O–H groups in total. The SMILES string of the molecule is CC(C)(C)c1ccc(-c2nnc(SCC(=O)N3CCCc4cc([N+](=O)[O-])ccc43)n2N)cc1. The van der Waals surface area contributed by atoms with Gasteiger partial charge in [-0.1, -0.05) is 56.8 Å². The van der Waals surface area contributed by atoms with Gasteiger partial charge in [-0.3, -0.25) is 14.9 Å². The molecule has 33 heavy (non-hydrogen) atoms. The van der Waals surface area contributed by atoms with Crippen LogP contribution < -0.4 is 10.7 Å². The number of carbonyl (C=O) groups excluding carboxylic acids is 1. The average molecular weight is 467 g/mol. The molecule has 2 aromatic carbocycles. The number of aryl methyl sites for hydroxylation is 1. The molecule has 1 aliphatic rings. The zero-order chi connectivity index (χ0) is 23.8. The quantitative estimate of drug-likeness (QED) is 0.262. The summed E-state index contributed by atoms with van der Waals surface area (Å²) in [5.41, 5.74) is 3.69. The maximum Gasteiger partial charge on any atom is 0.269 e. The molecular weight excluding hydrogens is 440 g/mol. The van der Waals surface area contributed by atoms with Gasteiger partial charge in [0.25, 0.3) is 5.69 Å². The Bertz CT molecular complexity index is 1200. The van der Waals surface area contributed by atoms with E-state index in [9.17, 15) is 14.9 Å². The van der Waals surface area contributed by atoms with Crippen LogP contribution in [0, 0.1) is 10.1 Å². The van der Waals surface area contributed by atoms with Crippen LogP contribution in [0.3, 0.4) is 0 Å². The first-order chi connectivity index (χ1) is 15.6. The fourth-order valence-electron chi connectivity index (χ4n) is 3.85. The molecule has 3 aromatic rings. The minimum Gasteiger partial charge on any atom is -0.335 e. The third kappa shape index (κ3) is 4.70. The van der Waals surface area contributed by atoms with E-state index in [2.05, 4.69) is 43.1 Å². The summed E-state index contributed by atoms with van der Waals surface area (Å²) in [6.07, 6.45) is 1.47. The van der Waals surface area contributed by atoms with Crippen molar-refractivity contribution in [1.82, 2.24) is 14.9 Å². The fourth-order valence-corrected chi connectivity index (χ4v) is 4.58. The molecule has 9 nitrogen and oxygen atoms in total. The lowest BCUT2D eigenvalue weighted by molar-refractivity contribution is -0.384. The molecule has 0 unspecified atom stereocenters. The van der Waals surface area contributed by atoms with E-state index in [0.29, 0.717) is 23.9 Å². The number of carbonyl (C=O) groups is 1. The molecule has 0 saturated carbocycles. The number of nitrogens with two attached hydrogens (primary N) is 1. The van der Waals surface area contributed by atoms with Gasteiger partial charge in [0.1, 0.15) is 0 Å². The van der Waals surface area contributed by atoms with Crippen LogP contribution in [-0.4, -0.2) is 38.0 Å². The number of nitrogens with zero attached hydrogens (tertiary/aromatic N) is 5. The van der Waals surface area contributed by atoms with Gasteiger partial charge in [0.2, 0.25) is 11.1 Å². The van der Waals surface area contributed by atoms with Crippen molar-refractivity contribution in [2.45, 2.75) is 44.2 Å². The first-order valence-electron chi connectivity index (χ1n) is 10.7. The van der Waals surface area contributed by atoms with Crippen molar-refractivity contribution >= 4 is 29.0 Å². The molecule has 1 aromatic heterocycles. The minimum absolute atomic E-state index is 0.0386. The Morgan fingerprint density at radius 2 is 1.91 bits per heavy atom. The van der Waals surface area contributed by atoms with Crippen molar-refractivity contribution in [1.29, 1.82) is 0 Å². The van der Waals surface area contributed by atoms with Crippen LogP contribution in [0.25, 0.3) is 11.4 Å². The molecule has 2 heterocycles. The number of rotatable bonds is 5. The van der Waals surface area contributed by atoms with Crippen molar-refractivity contribution in [3.63, 3.8) is 0 Å². The van der Waals surface area contributed by atoms with E-state index in [1.807, 2.05) is 12.1 Å². The third-order valence-corrected chi connectivity index (χ3v) is 6.62.